The summed E-state index contributed by atoms with van der Waals surface area (Å²) in [6.07, 6.45) is 0. The molecule has 0 bridgehead atoms. The van der Waals surface area contributed by atoms with Crippen molar-refractivity contribution in [2.75, 3.05) is 6.54 Å². The first-order valence-electron chi connectivity index (χ1n) is 4.34. The largest absolute Gasteiger partial charge is 0.352 e. The SMILES string of the molecule is CC(CN)C(=O)NCc1csc(Br)c1. The van der Waals surface area contributed by atoms with Crippen molar-refractivity contribution in [3.8, 4) is 0 Å². The topological polar surface area (TPSA) is 55.1 Å². The maximum atomic E-state index is 11.4. The summed E-state index contributed by atoms with van der Waals surface area (Å²) in [5, 5.41) is 4.84. The zero-order valence-corrected chi connectivity index (χ0v) is 10.3. The van der Waals surface area contributed by atoms with Gasteiger partial charge in [-0.1, -0.05) is 6.92 Å². The molecule has 3 nitrogen and oxygen atoms in total. The van der Waals surface area contributed by atoms with Crippen LogP contribution in [0.2, 0.25) is 0 Å². The highest BCUT2D eigenvalue weighted by atomic mass is 79.9. The molecular formula is C9H13BrN2OS. The molecule has 1 rings (SSSR count). The number of amides is 1. The van der Waals surface area contributed by atoms with Crippen LogP contribution in [0.3, 0.4) is 0 Å². The Kier molecular flexibility index (Phi) is 4.57. The lowest BCUT2D eigenvalue weighted by Gasteiger charge is -2.08. The van der Waals surface area contributed by atoms with Crippen molar-refractivity contribution < 1.29 is 4.79 Å². The zero-order chi connectivity index (χ0) is 10.6. The van der Waals surface area contributed by atoms with E-state index in [-0.39, 0.29) is 11.8 Å². The van der Waals surface area contributed by atoms with Crippen LogP contribution < -0.4 is 11.1 Å². The minimum atomic E-state index is -0.114. The number of hydrogen-bond donors (Lipinski definition) is 2. The van der Waals surface area contributed by atoms with Crippen LogP contribution in [0.1, 0.15) is 12.5 Å². The fourth-order valence-corrected chi connectivity index (χ4v) is 2.12. The first-order chi connectivity index (χ1) is 6.63. The first kappa shape index (κ1) is 11.7. The van der Waals surface area contributed by atoms with Crippen molar-refractivity contribution in [2.45, 2.75) is 13.5 Å². The van der Waals surface area contributed by atoms with Crippen molar-refractivity contribution in [1.82, 2.24) is 5.32 Å². The van der Waals surface area contributed by atoms with Crippen LogP contribution in [0, 0.1) is 5.92 Å². The van der Waals surface area contributed by atoms with Gasteiger partial charge in [-0.05, 0) is 32.9 Å². The molecule has 0 aliphatic rings. The highest BCUT2D eigenvalue weighted by Crippen LogP contribution is 2.20. The molecule has 3 N–H and O–H groups in total. The Morgan fingerprint density at radius 3 is 3.00 bits per heavy atom. The second-order valence-corrected chi connectivity index (χ2v) is 5.40. The number of halogens is 1. The van der Waals surface area contributed by atoms with Gasteiger partial charge < -0.3 is 11.1 Å². The third kappa shape index (κ3) is 3.40. The Labute approximate surface area is 95.8 Å². The predicted molar refractivity (Wildman–Crippen MR) is 62.1 cm³/mol. The predicted octanol–water partition coefficient (Wildman–Crippen LogP) is 1.72. The third-order valence-corrected chi connectivity index (χ3v) is 3.44. The van der Waals surface area contributed by atoms with Gasteiger partial charge >= 0.3 is 0 Å². The molecule has 0 aliphatic heterocycles. The summed E-state index contributed by atoms with van der Waals surface area (Å²) < 4.78 is 1.08. The van der Waals surface area contributed by atoms with E-state index in [0.717, 1.165) is 9.35 Å². The van der Waals surface area contributed by atoms with Gasteiger partial charge in [0.1, 0.15) is 0 Å². The van der Waals surface area contributed by atoms with Crippen LogP contribution in [0.15, 0.2) is 15.2 Å². The summed E-state index contributed by atoms with van der Waals surface area (Å²) in [7, 11) is 0. The maximum absolute atomic E-state index is 11.4. The summed E-state index contributed by atoms with van der Waals surface area (Å²) >= 11 is 4.98. The van der Waals surface area contributed by atoms with Crippen LogP contribution >= 0.6 is 27.3 Å². The Bertz CT molecular complexity index is 314. The summed E-state index contributed by atoms with van der Waals surface area (Å²) in [4.78, 5) is 11.4. The highest BCUT2D eigenvalue weighted by Gasteiger charge is 2.09. The van der Waals surface area contributed by atoms with Crippen LogP contribution in [0.5, 0.6) is 0 Å². The van der Waals surface area contributed by atoms with E-state index in [1.807, 2.05) is 18.4 Å². The maximum Gasteiger partial charge on any atom is 0.224 e. The molecule has 1 amide bonds. The number of carbonyl (C=O) groups is 1. The smallest absolute Gasteiger partial charge is 0.224 e. The molecule has 1 aromatic heterocycles. The van der Waals surface area contributed by atoms with Gasteiger partial charge in [-0.25, -0.2) is 0 Å². The molecule has 0 fully saturated rings. The average Bonchev–Trinajstić information content (AvgIpc) is 2.59. The van der Waals surface area contributed by atoms with Gasteiger partial charge in [0.05, 0.1) is 3.79 Å². The number of thiophene rings is 1. The molecule has 0 spiro atoms. The Morgan fingerprint density at radius 1 is 1.79 bits per heavy atom. The van der Waals surface area contributed by atoms with Gasteiger partial charge in [-0.3, -0.25) is 4.79 Å². The fraction of sp³-hybridized carbons (Fsp3) is 0.444. The molecule has 1 atom stereocenters. The Balaban J connectivity index is 2.37. The minimum Gasteiger partial charge on any atom is -0.352 e. The number of hydrogen-bond acceptors (Lipinski definition) is 3. The zero-order valence-electron chi connectivity index (χ0n) is 7.92. The van der Waals surface area contributed by atoms with Crippen molar-refractivity contribution in [3.63, 3.8) is 0 Å². The van der Waals surface area contributed by atoms with Gasteiger partial charge in [0, 0.05) is 19.0 Å². The van der Waals surface area contributed by atoms with Gasteiger partial charge in [-0.15, -0.1) is 11.3 Å². The van der Waals surface area contributed by atoms with Gasteiger partial charge in [-0.2, -0.15) is 0 Å². The summed E-state index contributed by atoms with van der Waals surface area (Å²) in [6.45, 7) is 2.78. The van der Waals surface area contributed by atoms with E-state index in [9.17, 15) is 4.79 Å². The number of carbonyl (C=O) groups excluding carboxylic acids is 1. The van der Waals surface area contributed by atoms with E-state index < -0.39 is 0 Å². The van der Waals surface area contributed by atoms with E-state index in [0.29, 0.717) is 13.1 Å². The Hall–Kier alpha value is -0.390. The van der Waals surface area contributed by atoms with E-state index in [2.05, 4.69) is 21.2 Å². The normalized spacial score (nSPS) is 12.5. The van der Waals surface area contributed by atoms with Gasteiger partial charge in [0.2, 0.25) is 5.91 Å². The van der Waals surface area contributed by atoms with Gasteiger partial charge in [0.25, 0.3) is 0 Å². The number of nitrogens with one attached hydrogen (secondary N) is 1. The van der Waals surface area contributed by atoms with Crippen molar-refractivity contribution in [1.29, 1.82) is 0 Å². The molecule has 0 saturated heterocycles. The Morgan fingerprint density at radius 2 is 2.50 bits per heavy atom. The lowest BCUT2D eigenvalue weighted by atomic mass is 10.1. The van der Waals surface area contributed by atoms with E-state index in [1.165, 1.54) is 0 Å². The summed E-state index contributed by atoms with van der Waals surface area (Å²) in [5.41, 5.74) is 6.49. The molecule has 0 aromatic carbocycles. The van der Waals surface area contributed by atoms with E-state index >= 15 is 0 Å². The van der Waals surface area contributed by atoms with Crippen LogP contribution in [0.25, 0.3) is 0 Å². The van der Waals surface area contributed by atoms with Gasteiger partial charge in [0.15, 0.2) is 0 Å². The second kappa shape index (κ2) is 5.48. The molecule has 5 heteroatoms. The number of rotatable bonds is 4. The van der Waals surface area contributed by atoms with Crippen molar-refractivity contribution in [3.05, 3.63) is 20.8 Å². The molecular weight excluding hydrogens is 264 g/mol. The molecule has 14 heavy (non-hydrogen) atoms. The van der Waals surface area contributed by atoms with E-state index in [4.69, 9.17) is 5.73 Å². The molecule has 0 radical (unpaired) electrons. The summed E-state index contributed by atoms with van der Waals surface area (Å²) in [5.74, 6) is -0.105. The second-order valence-electron chi connectivity index (χ2n) is 3.11. The van der Waals surface area contributed by atoms with Crippen molar-refractivity contribution >= 4 is 33.2 Å². The third-order valence-electron chi connectivity index (χ3n) is 1.89. The van der Waals surface area contributed by atoms with Crippen LogP contribution in [-0.2, 0) is 11.3 Å². The van der Waals surface area contributed by atoms with Crippen molar-refractivity contribution in [2.24, 2.45) is 11.7 Å². The monoisotopic (exact) mass is 276 g/mol. The minimum absolute atomic E-state index is 0.00909. The first-order valence-corrected chi connectivity index (χ1v) is 6.01. The van der Waals surface area contributed by atoms with Crippen LogP contribution in [0.4, 0.5) is 0 Å². The number of nitrogens with two attached hydrogens (primary N) is 1. The molecule has 78 valence electrons. The lowest BCUT2D eigenvalue weighted by Crippen LogP contribution is -2.32. The molecule has 1 aromatic rings. The standard InChI is InChI=1S/C9H13BrN2OS/c1-6(3-11)9(13)12-4-7-2-8(10)14-5-7/h2,5-6H,3-4,11H2,1H3,(H,12,13). The molecule has 1 heterocycles. The quantitative estimate of drug-likeness (QED) is 0.880. The average molecular weight is 277 g/mol. The summed E-state index contributed by atoms with van der Waals surface area (Å²) in [6, 6.07) is 2.00. The molecule has 0 saturated carbocycles. The highest BCUT2D eigenvalue weighted by molar-refractivity contribution is 9.11. The van der Waals surface area contributed by atoms with Crippen LogP contribution in [-0.4, -0.2) is 12.5 Å². The lowest BCUT2D eigenvalue weighted by molar-refractivity contribution is -0.124. The fourth-order valence-electron chi connectivity index (χ4n) is 0.909. The van der Waals surface area contributed by atoms with E-state index in [1.54, 1.807) is 11.3 Å². The molecule has 0 aliphatic carbocycles. The molecule has 1 unspecified atom stereocenters.